The van der Waals surface area contributed by atoms with E-state index in [0.29, 0.717) is 22.4 Å². The van der Waals surface area contributed by atoms with Gasteiger partial charge in [0.1, 0.15) is 16.9 Å². The number of carbonyl (C=O) groups is 1. The summed E-state index contributed by atoms with van der Waals surface area (Å²) in [4.78, 5) is 16.4. The first-order valence-electron chi connectivity index (χ1n) is 9.50. The number of hydrazone groups is 1. The standard InChI is InChI=1S/C21H21FN6O3/c1-21(2,20(30)31-3)17-16(29)12-28(26-24-17)19-14-8-6-10-23-18(14)27(25-19)11-13-7-4-5-9-15(13)22/h4-10,12,26,29H,11H2,1-3H3. The van der Waals surface area contributed by atoms with Gasteiger partial charge in [0.2, 0.25) is 0 Å². The zero-order valence-electron chi connectivity index (χ0n) is 17.2. The van der Waals surface area contributed by atoms with Crippen molar-refractivity contribution in [1.29, 1.82) is 0 Å². The molecule has 0 bridgehead atoms. The van der Waals surface area contributed by atoms with Crippen LogP contribution in [0.25, 0.3) is 11.0 Å². The van der Waals surface area contributed by atoms with Crippen molar-refractivity contribution in [2.24, 2.45) is 10.5 Å². The summed E-state index contributed by atoms with van der Waals surface area (Å²) in [5.74, 6) is -0.679. The van der Waals surface area contributed by atoms with Gasteiger partial charge in [-0.2, -0.15) is 5.10 Å². The highest BCUT2D eigenvalue weighted by Crippen LogP contribution is 2.29. The molecule has 0 unspecified atom stereocenters. The molecule has 0 radical (unpaired) electrons. The number of hydrazine groups is 1. The Kier molecular flexibility index (Phi) is 5.05. The summed E-state index contributed by atoms with van der Waals surface area (Å²) in [5, 5.41) is 21.4. The van der Waals surface area contributed by atoms with E-state index in [4.69, 9.17) is 4.74 Å². The lowest BCUT2D eigenvalue weighted by molar-refractivity contribution is -0.147. The number of pyridine rings is 1. The molecule has 0 saturated heterocycles. The van der Waals surface area contributed by atoms with Crippen LogP contribution < -0.4 is 10.5 Å². The van der Waals surface area contributed by atoms with Gasteiger partial charge in [-0.05, 0) is 32.0 Å². The lowest BCUT2D eigenvalue weighted by Crippen LogP contribution is -2.43. The number of nitrogens with one attached hydrogen (secondary N) is 1. The molecule has 0 aliphatic carbocycles. The molecule has 10 heteroatoms. The van der Waals surface area contributed by atoms with Gasteiger partial charge in [-0.3, -0.25) is 4.79 Å². The number of aromatic nitrogens is 3. The normalized spacial score (nSPS) is 14.1. The van der Waals surface area contributed by atoms with Crippen LogP contribution in [0.15, 0.2) is 59.7 Å². The molecule has 160 valence electrons. The number of aliphatic hydroxyl groups is 1. The Bertz CT molecular complexity index is 1220. The number of benzene rings is 1. The summed E-state index contributed by atoms with van der Waals surface area (Å²) in [6.07, 6.45) is 2.99. The molecule has 31 heavy (non-hydrogen) atoms. The summed E-state index contributed by atoms with van der Waals surface area (Å²) in [6, 6.07) is 10.0. The largest absolute Gasteiger partial charge is 0.504 e. The molecule has 2 aromatic heterocycles. The minimum atomic E-state index is -1.16. The molecule has 0 atom stereocenters. The van der Waals surface area contributed by atoms with E-state index in [1.165, 1.54) is 24.4 Å². The van der Waals surface area contributed by atoms with Crippen molar-refractivity contribution in [3.05, 3.63) is 65.9 Å². The second-order valence-electron chi connectivity index (χ2n) is 7.51. The van der Waals surface area contributed by atoms with E-state index in [0.717, 1.165) is 0 Å². The van der Waals surface area contributed by atoms with Crippen molar-refractivity contribution in [3.8, 4) is 0 Å². The number of nitrogens with zero attached hydrogens (tertiary/aromatic N) is 5. The van der Waals surface area contributed by atoms with E-state index in [-0.39, 0.29) is 23.8 Å². The second kappa shape index (κ2) is 7.71. The van der Waals surface area contributed by atoms with Crippen molar-refractivity contribution >= 4 is 28.5 Å². The monoisotopic (exact) mass is 424 g/mol. The average molecular weight is 424 g/mol. The summed E-state index contributed by atoms with van der Waals surface area (Å²) in [7, 11) is 1.27. The predicted molar refractivity (Wildman–Crippen MR) is 113 cm³/mol. The van der Waals surface area contributed by atoms with Crippen LogP contribution in [0.3, 0.4) is 0 Å². The fourth-order valence-electron chi connectivity index (χ4n) is 3.36. The van der Waals surface area contributed by atoms with Gasteiger partial charge < -0.3 is 9.84 Å². The van der Waals surface area contributed by atoms with Crippen LogP contribution in [-0.4, -0.2) is 38.7 Å². The maximum absolute atomic E-state index is 14.2. The minimum Gasteiger partial charge on any atom is -0.504 e. The van der Waals surface area contributed by atoms with Gasteiger partial charge in [0, 0.05) is 11.8 Å². The van der Waals surface area contributed by atoms with Crippen molar-refractivity contribution in [1.82, 2.24) is 20.3 Å². The SMILES string of the molecule is COC(=O)C(C)(C)C1=NNN(c2nn(Cc3ccccc3F)c3ncccc23)C=C1O. The number of methoxy groups -OCH3 is 1. The number of anilines is 1. The van der Waals surface area contributed by atoms with Gasteiger partial charge in [-0.1, -0.05) is 18.2 Å². The first-order chi connectivity index (χ1) is 14.8. The number of hydrogen-bond acceptors (Lipinski definition) is 8. The zero-order valence-corrected chi connectivity index (χ0v) is 17.2. The highest BCUT2D eigenvalue weighted by atomic mass is 19.1. The highest BCUT2D eigenvalue weighted by molar-refractivity contribution is 6.14. The number of rotatable bonds is 5. The number of allylic oxidation sites excluding steroid dienone is 1. The van der Waals surface area contributed by atoms with Crippen LogP contribution in [-0.2, 0) is 16.1 Å². The molecule has 2 N–H and O–H groups in total. The van der Waals surface area contributed by atoms with E-state index >= 15 is 0 Å². The van der Waals surface area contributed by atoms with Gasteiger partial charge in [-0.15, -0.1) is 5.10 Å². The third kappa shape index (κ3) is 3.56. The summed E-state index contributed by atoms with van der Waals surface area (Å²) < 4.78 is 20.5. The zero-order chi connectivity index (χ0) is 22.2. The van der Waals surface area contributed by atoms with Crippen LogP contribution in [0.2, 0.25) is 0 Å². The third-order valence-electron chi connectivity index (χ3n) is 5.04. The minimum absolute atomic E-state index is 0.129. The van der Waals surface area contributed by atoms with Crippen LogP contribution in [0.4, 0.5) is 10.2 Å². The molecule has 1 aliphatic rings. The van der Waals surface area contributed by atoms with Crippen molar-refractivity contribution in [2.45, 2.75) is 20.4 Å². The molecule has 0 saturated carbocycles. The Morgan fingerprint density at radius 2 is 2.03 bits per heavy atom. The van der Waals surface area contributed by atoms with Crippen LogP contribution in [0, 0.1) is 11.2 Å². The molecule has 3 aromatic rings. The van der Waals surface area contributed by atoms with Gasteiger partial charge in [0.25, 0.3) is 0 Å². The van der Waals surface area contributed by atoms with Crippen molar-refractivity contribution in [2.75, 3.05) is 12.1 Å². The van der Waals surface area contributed by atoms with Crippen molar-refractivity contribution in [3.63, 3.8) is 0 Å². The van der Waals surface area contributed by atoms with E-state index in [1.54, 1.807) is 49.0 Å². The van der Waals surface area contributed by atoms with Gasteiger partial charge in [-0.25, -0.2) is 24.6 Å². The number of esters is 1. The average Bonchev–Trinajstić information content (AvgIpc) is 3.13. The molecular weight excluding hydrogens is 403 g/mol. The number of halogens is 1. The number of aliphatic hydroxyl groups excluding tert-OH is 1. The molecule has 3 heterocycles. The molecule has 1 aromatic carbocycles. The smallest absolute Gasteiger partial charge is 0.317 e. The van der Waals surface area contributed by atoms with E-state index in [9.17, 15) is 14.3 Å². The topological polar surface area (TPSA) is 105 Å². The van der Waals surface area contributed by atoms with Gasteiger partial charge in [0.05, 0.1) is 25.2 Å². The summed E-state index contributed by atoms with van der Waals surface area (Å²) in [5.41, 5.74) is 2.75. The number of carbonyl (C=O) groups excluding carboxylic acids is 1. The maximum atomic E-state index is 14.2. The third-order valence-corrected chi connectivity index (χ3v) is 5.04. The fourth-order valence-corrected chi connectivity index (χ4v) is 3.36. The molecule has 0 spiro atoms. The lowest BCUT2D eigenvalue weighted by atomic mass is 9.86. The Morgan fingerprint density at radius 3 is 2.74 bits per heavy atom. The first kappa shape index (κ1) is 20.3. The Morgan fingerprint density at radius 1 is 1.26 bits per heavy atom. The maximum Gasteiger partial charge on any atom is 0.317 e. The Labute approximate surface area is 177 Å². The summed E-state index contributed by atoms with van der Waals surface area (Å²) >= 11 is 0. The van der Waals surface area contributed by atoms with E-state index in [1.807, 2.05) is 6.07 Å². The molecule has 9 nitrogen and oxygen atoms in total. The molecular formula is C21H21FN6O3. The number of ether oxygens (including phenoxy) is 1. The van der Waals surface area contributed by atoms with Crippen LogP contribution in [0.1, 0.15) is 19.4 Å². The van der Waals surface area contributed by atoms with E-state index < -0.39 is 11.4 Å². The lowest BCUT2D eigenvalue weighted by Gasteiger charge is -2.28. The molecule has 0 fully saturated rings. The van der Waals surface area contributed by atoms with Gasteiger partial charge >= 0.3 is 5.97 Å². The summed E-state index contributed by atoms with van der Waals surface area (Å²) in [6.45, 7) is 3.37. The Balaban J connectivity index is 1.70. The Hall–Kier alpha value is -3.95. The fraction of sp³-hybridized carbons (Fsp3) is 0.238. The number of hydrogen-bond donors (Lipinski definition) is 2. The quantitative estimate of drug-likeness (QED) is 0.607. The molecule has 1 aliphatic heterocycles. The second-order valence-corrected chi connectivity index (χ2v) is 7.51. The first-order valence-corrected chi connectivity index (χ1v) is 9.50. The molecule has 4 rings (SSSR count). The molecule has 0 amide bonds. The van der Waals surface area contributed by atoms with Crippen LogP contribution in [0.5, 0.6) is 0 Å². The number of fused-ring (bicyclic) bond motifs is 1. The van der Waals surface area contributed by atoms with E-state index in [2.05, 4.69) is 20.7 Å². The van der Waals surface area contributed by atoms with Crippen molar-refractivity contribution < 1.29 is 19.0 Å². The highest BCUT2D eigenvalue weighted by Gasteiger charge is 2.39. The predicted octanol–water partition coefficient (Wildman–Crippen LogP) is 2.90. The van der Waals surface area contributed by atoms with Gasteiger partial charge in [0.15, 0.2) is 17.2 Å². The van der Waals surface area contributed by atoms with Crippen LogP contribution >= 0.6 is 0 Å².